The Bertz CT molecular complexity index is 324. The number of allylic oxidation sites excluding steroid dienone is 2. The first-order valence-electron chi connectivity index (χ1n) is 6.57. The van der Waals surface area contributed by atoms with Crippen LogP contribution in [0.25, 0.3) is 0 Å². The van der Waals surface area contributed by atoms with Crippen molar-refractivity contribution in [3.63, 3.8) is 0 Å². The molecule has 2 fully saturated rings. The van der Waals surface area contributed by atoms with Crippen LogP contribution in [0.3, 0.4) is 0 Å². The highest BCUT2D eigenvalue weighted by Gasteiger charge is 2.35. The lowest BCUT2D eigenvalue weighted by molar-refractivity contribution is -0.114. The molecule has 1 aliphatic carbocycles. The SMILES string of the molecule is O=C1C=C(NC2CCN3CCCCC23)CC1. The van der Waals surface area contributed by atoms with Crippen LogP contribution in [-0.2, 0) is 4.79 Å². The standard InChI is InChI=1S/C13H20N2O/c16-11-5-4-10(9-11)14-12-6-8-15-7-2-1-3-13(12)15/h9,12-14H,1-8H2. The van der Waals surface area contributed by atoms with Crippen LogP contribution in [0.5, 0.6) is 0 Å². The Kier molecular flexibility index (Phi) is 2.72. The number of ketones is 1. The van der Waals surface area contributed by atoms with Gasteiger partial charge in [0.25, 0.3) is 0 Å². The molecule has 2 heterocycles. The van der Waals surface area contributed by atoms with Crippen LogP contribution in [0.1, 0.15) is 38.5 Å². The summed E-state index contributed by atoms with van der Waals surface area (Å²) in [5, 5.41) is 3.61. The topological polar surface area (TPSA) is 32.3 Å². The summed E-state index contributed by atoms with van der Waals surface area (Å²) in [6.07, 6.45) is 8.77. The summed E-state index contributed by atoms with van der Waals surface area (Å²) in [4.78, 5) is 13.8. The Balaban J connectivity index is 1.63. The molecule has 16 heavy (non-hydrogen) atoms. The smallest absolute Gasteiger partial charge is 0.157 e. The summed E-state index contributed by atoms with van der Waals surface area (Å²) >= 11 is 0. The minimum absolute atomic E-state index is 0.293. The quantitative estimate of drug-likeness (QED) is 0.764. The first kappa shape index (κ1) is 10.3. The van der Waals surface area contributed by atoms with E-state index in [0.717, 1.165) is 12.5 Å². The summed E-state index contributed by atoms with van der Waals surface area (Å²) in [6, 6.07) is 1.32. The molecule has 0 bridgehead atoms. The zero-order valence-electron chi connectivity index (χ0n) is 9.74. The minimum Gasteiger partial charge on any atom is -0.384 e. The number of fused-ring (bicyclic) bond motifs is 1. The van der Waals surface area contributed by atoms with Crippen LogP contribution < -0.4 is 5.32 Å². The average Bonchev–Trinajstić information content (AvgIpc) is 2.87. The summed E-state index contributed by atoms with van der Waals surface area (Å²) < 4.78 is 0. The average molecular weight is 220 g/mol. The maximum absolute atomic E-state index is 11.2. The molecule has 0 radical (unpaired) electrons. The monoisotopic (exact) mass is 220 g/mol. The third-order valence-corrected chi connectivity index (χ3v) is 4.20. The molecule has 2 unspecified atom stereocenters. The largest absolute Gasteiger partial charge is 0.384 e. The molecule has 0 aromatic heterocycles. The minimum atomic E-state index is 0.293. The van der Waals surface area contributed by atoms with E-state index < -0.39 is 0 Å². The number of hydrogen-bond donors (Lipinski definition) is 1. The van der Waals surface area contributed by atoms with E-state index in [4.69, 9.17) is 0 Å². The van der Waals surface area contributed by atoms with E-state index in [1.165, 1.54) is 44.5 Å². The number of carbonyl (C=O) groups excluding carboxylic acids is 1. The highest BCUT2D eigenvalue weighted by Crippen LogP contribution is 2.28. The number of hydrogen-bond acceptors (Lipinski definition) is 3. The van der Waals surface area contributed by atoms with Crippen molar-refractivity contribution in [3.05, 3.63) is 11.8 Å². The molecule has 3 rings (SSSR count). The van der Waals surface area contributed by atoms with Crippen molar-refractivity contribution < 1.29 is 4.79 Å². The van der Waals surface area contributed by atoms with Gasteiger partial charge in [-0.3, -0.25) is 9.69 Å². The fourth-order valence-corrected chi connectivity index (χ4v) is 3.36. The van der Waals surface area contributed by atoms with Gasteiger partial charge in [-0.05, 0) is 32.2 Å². The van der Waals surface area contributed by atoms with Crippen molar-refractivity contribution in [2.75, 3.05) is 13.1 Å². The third kappa shape index (κ3) is 1.88. The maximum Gasteiger partial charge on any atom is 0.157 e. The van der Waals surface area contributed by atoms with Gasteiger partial charge in [0.15, 0.2) is 5.78 Å². The molecule has 2 aliphatic heterocycles. The number of rotatable bonds is 2. The van der Waals surface area contributed by atoms with Crippen molar-refractivity contribution in [2.45, 2.75) is 50.6 Å². The first-order chi connectivity index (χ1) is 7.83. The molecule has 0 aromatic rings. The number of carbonyl (C=O) groups is 1. The predicted octanol–water partition coefficient (Wildman–Crippen LogP) is 1.45. The molecule has 0 saturated carbocycles. The van der Waals surface area contributed by atoms with Crippen molar-refractivity contribution >= 4 is 5.78 Å². The van der Waals surface area contributed by atoms with Crippen LogP contribution in [0.4, 0.5) is 0 Å². The molecule has 2 atom stereocenters. The molecule has 0 amide bonds. The summed E-state index contributed by atoms with van der Waals surface area (Å²) in [6.45, 7) is 2.52. The van der Waals surface area contributed by atoms with Crippen molar-refractivity contribution in [3.8, 4) is 0 Å². The van der Waals surface area contributed by atoms with Crippen LogP contribution >= 0.6 is 0 Å². The number of nitrogens with one attached hydrogen (secondary N) is 1. The second-order valence-corrected chi connectivity index (χ2v) is 5.27. The van der Waals surface area contributed by atoms with E-state index in [1.54, 1.807) is 0 Å². The molecule has 1 N–H and O–H groups in total. The van der Waals surface area contributed by atoms with Crippen molar-refractivity contribution in [2.24, 2.45) is 0 Å². The fraction of sp³-hybridized carbons (Fsp3) is 0.769. The highest BCUT2D eigenvalue weighted by molar-refractivity contribution is 5.92. The highest BCUT2D eigenvalue weighted by atomic mass is 16.1. The Hall–Kier alpha value is -0.830. The summed E-state index contributed by atoms with van der Waals surface area (Å²) in [5.74, 6) is 0.293. The molecule has 88 valence electrons. The van der Waals surface area contributed by atoms with E-state index in [-0.39, 0.29) is 0 Å². The van der Waals surface area contributed by atoms with Gasteiger partial charge >= 0.3 is 0 Å². The Morgan fingerprint density at radius 2 is 2.12 bits per heavy atom. The Labute approximate surface area is 96.9 Å². The third-order valence-electron chi connectivity index (χ3n) is 4.20. The van der Waals surface area contributed by atoms with Crippen LogP contribution in [-0.4, -0.2) is 35.9 Å². The summed E-state index contributed by atoms with van der Waals surface area (Å²) in [7, 11) is 0. The molecule has 3 aliphatic rings. The molecule has 2 saturated heterocycles. The lowest BCUT2D eigenvalue weighted by Crippen LogP contribution is -2.44. The van der Waals surface area contributed by atoms with E-state index in [0.29, 0.717) is 18.2 Å². The lowest BCUT2D eigenvalue weighted by Gasteiger charge is -2.33. The lowest BCUT2D eigenvalue weighted by atomic mass is 9.99. The second kappa shape index (κ2) is 4.21. The molecule has 3 heteroatoms. The van der Waals surface area contributed by atoms with Gasteiger partial charge < -0.3 is 5.32 Å². The fourth-order valence-electron chi connectivity index (χ4n) is 3.36. The van der Waals surface area contributed by atoms with Gasteiger partial charge in [-0.25, -0.2) is 0 Å². The van der Waals surface area contributed by atoms with Gasteiger partial charge in [0.05, 0.1) is 0 Å². The van der Waals surface area contributed by atoms with E-state index in [2.05, 4.69) is 10.2 Å². The van der Waals surface area contributed by atoms with Gasteiger partial charge in [0.1, 0.15) is 0 Å². The van der Waals surface area contributed by atoms with Gasteiger partial charge in [-0.1, -0.05) is 6.42 Å². The Morgan fingerprint density at radius 3 is 2.94 bits per heavy atom. The molecule has 0 aromatic carbocycles. The van der Waals surface area contributed by atoms with Crippen molar-refractivity contribution in [1.29, 1.82) is 0 Å². The summed E-state index contributed by atoms with van der Waals surface area (Å²) in [5.41, 5.74) is 1.18. The first-order valence-corrected chi connectivity index (χ1v) is 6.57. The van der Waals surface area contributed by atoms with Crippen molar-refractivity contribution in [1.82, 2.24) is 10.2 Å². The van der Waals surface area contributed by atoms with E-state index in [9.17, 15) is 4.79 Å². The van der Waals surface area contributed by atoms with Gasteiger partial charge in [-0.15, -0.1) is 0 Å². The zero-order valence-corrected chi connectivity index (χ0v) is 9.74. The second-order valence-electron chi connectivity index (χ2n) is 5.27. The number of piperidine rings is 1. The molecular weight excluding hydrogens is 200 g/mol. The van der Waals surface area contributed by atoms with Crippen LogP contribution in [0.15, 0.2) is 11.8 Å². The van der Waals surface area contributed by atoms with Gasteiger partial charge in [0, 0.05) is 36.8 Å². The predicted molar refractivity (Wildman–Crippen MR) is 63.1 cm³/mol. The van der Waals surface area contributed by atoms with Crippen LogP contribution in [0, 0.1) is 0 Å². The molecule has 3 nitrogen and oxygen atoms in total. The van der Waals surface area contributed by atoms with Gasteiger partial charge in [-0.2, -0.15) is 0 Å². The maximum atomic E-state index is 11.2. The van der Waals surface area contributed by atoms with E-state index in [1.807, 2.05) is 6.08 Å². The zero-order chi connectivity index (χ0) is 11.0. The number of nitrogens with zero attached hydrogens (tertiary/aromatic N) is 1. The Morgan fingerprint density at radius 1 is 1.19 bits per heavy atom. The van der Waals surface area contributed by atoms with Crippen LogP contribution in [0.2, 0.25) is 0 Å². The van der Waals surface area contributed by atoms with E-state index >= 15 is 0 Å². The molecular formula is C13H20N2O. The normalized spacial score (nSPS) is 35.0. The van der Waals surface area contributed by atoms with Gasteiger partial charge in [0.2, 0.25) is 0 Å². The molecule has 0 spiro atoms.